The van der Waals surface area contributed by atoms with Crippen molar-refractivity contribution in [2.24, 2.45) is 5.10 Å². The number of hydrogen-bond donors (Lipinski definition) is 2. The second-order valence-corrected chi connectivity index (χ2v) is 9.77. The van der Waals surface area contributed by atoms with Gasteiger partial charge in [0.15, 0.2) is 0 Å². The standard InChI is InChI=1S/C32H45N3O5/c1-3-5-6-7-8-9-10-11-12-13-14-15-30(36)33-25-31(37)35-34-24-26-16-20-29(21-17-26)40-32(38)27-18-22-28(23-19-27)39-4-2/h16-24H,3-15,25H2,1-2H3,(H,33,36)(H,35,37)/b34-24-. The van der Waals surface area contributed by atoms with E-state index in [-0.39, 0.29) is 12.5 Å². The van der Waals surface area contributed by atoms with E-state index in [2.05, 4.69) is 22.8 Å². The number of amides is 2. The molecule has 0 radical (unpaired) electrons. The van der Waals surface area contributed by atoms with Crippen molar-refractivity contribution in [1.82, 2.24) is 10.7 Å². The fourth-order valence-corrected chi connectivity index (χ4v) is 4.08. The summed E-state index contributed by atoms with van der Waals surface area (Å²) in [5.74, 6) is 0.0921. The minimum Gasteiger partial charge on any atom is -0.494 e. The SMILES string of the molecule is CCCCCCCCCCCCCC(=O)NCC(=O)N/N=C\c1ccc(OC(=O)c2ccc(OCC)cc2)cc1. The summed E-state index contributed by atoms with van der Waals surface area (Å²) in [5, 5.41) is 6.55. The van der Waals surface area contributed by atoms with E-state index >= 15 is 0 Å². The molecule has 0 fully saturated rings. The minimum atomic E-state index is -0.470. The lowest BCUT2D eigenvalue weighted by Crippen LogP contribution is -2.34. The molecule has 40 heavy (non-hydrogen) atoms. The number of unbranched alkanes of at least 4 members (excludes halogenated alkanes) is 10. The van der Waals surface area contributed by atoms with Gasteiger partial charge in [0.2, 0.25) is 5.91 Å². The summed E-state index contributed by atoms with van der Waals surface area (Å²) in [4.78, 5) is 36.2. The Morgan fingerprint density at radius 2 is 1.30 bits per heavy atom. The van der Waals surface area contributed by atoms with Gasteiger partial charge >= 0.3 is 5.97 Å². The topological polar surface area (TPSA) is 106 Å². The van der Waals surface area contributed by atoms with Crippen LogP contribution in [0.2, 0.25) is 0 Å². The van der Waals surface area contributed by atoms with Gasteiger partial charge in [-0.05, 0) is 67.4 Å². The van der Waals surface area contributed by atoms with Crippen LogP contribution < -0.4 is 20.2 Å². The van der Waals surface area contributed by atoms with E-state index in [0.717, 1.165) is 19.3 Å². The maximum absolute atomic E-state index is 12.3. The maximum atomic E-state index is 12.3. The molecule has 0 aliphatic carbocycles. The van der Waals surface area contributed by atoms with Gasteiger partial charge in [0, 0.05) is 6.42 Å². The quantitative estimate of drug-likeness (QED) is 0.0636. The third-order valence-corrected chi connectivity index (χ3v) is 6.35. The number of esters is 1. The maximum Gasteiger partial charge on any atom is 0.343 e. The Kier molecular flexibility index (Phi) is 16.5. The molecule has 218 valence electrons. The van der Waals surface area contributed by atoms with Gasteiger partial charge in [0.1, 0.15) is 11.5 Å². The molecule has 2 rings (SSSR count). The molecule has 0 heterocycles. The average molecular weight is 552 g/mol. The van der Waals surface area contributed by atoms with E-state index in [9.17, 15) is 14.4 Å². The van der Waals surface area contributed by atoms with E-state index < -0.39 is 11.9 Å². The molecule has 2 aromatic rings. The molecule has 0 saturated heterocycles. The van der Waals surface area contributed by atoms with Crippen molar-refractivity contribution in [3.8, 4) is 11.5 Å². The van der Waals surface area contributed by atoms with Crippen molar-refractivity contribution in [3.05, 3.63) is 59.7 Å². The molecule has 8 heteroatoms. The molecular formula is C32H45N3O5. The van der Waals surface area contributed by atoms with Crippen LogP contribution in [0.25, 0.3) is 0 Å². The van der Waals surface area contributed by atoms with Crippen molar-refractivity contribution >= 4 is 24.0 Å². The molecule has 0 saturated carbocycles. The molecule has 0 aromatic heterocycles. The van der Waals surface area contributed by atoms with Gasteiger partial charge in [0.25, 0.3) is 5.91 Å². The zero-order chi connectivity index (χ0) is 28.8. The Morgan fingerprint density at radius 1 is 0.725 bits per heavy atom. The summed E-state index contributed by atoms with van der Waals surface area (Å²) in [7, 11) is 0. The van der Waals surface area contributed by atoms with Crippen LogP contribution in [0.15, 0.2) is 53.6 Å². The number of nitrogens with zero attached hydrogens (tertiary/aromatic N) is 1. The number of carbonyl (C=O) groups is 3. The Morgan fingerprint density at radius 3 is 1.90 bits per heavy atom. The third-order valence-electron chi connectivity index (χ3n) is 6.35. The lowest BCUT2D eigenvalue weighted by molar-refractivity contribution is -0.126. The fraction of sp³-hybridized carbons (Fsp3) is 0.500. The Bertz CT molecular complexity index is 1040. The Balaban J connectivity index is 1.55. The van der Waals surface area contributed by atoms with Crippen LogP contribution in [0.1, 0.15) is 107 Å². The molecule has 0 bridgehead atoms. The molecule has 0 aliphatic rings. The average Bonchev–Trinajstić information content (AvgIpc) is 2.96. The van der Waals surface area contributed by atoms with Crippen LogP contribution in [-0.2, 0) is 9.59 Å². The Hall–Kier alpha value is -3.68. The van der Waals surface area contributed by atoms with Gasteiger partial charge in [-0.25, -0.2) is 10.2 Å². The highest BCUT2D eigenvalue weighted by Gasteiger charge is 2.09. The molecule has 0 aliphatic heterocycles. The van der Waals surface area contributed by atoms with Crippen molar-refractivity contribution in [2.75, 3.05) is 13.2 Å². The lowest BCUT2D eigenvalue weighted by atomic mass is 10.1. The number of carbonyl (C=O) groups excluding carboxylic acids is 3. The highest BCUT2D eigenvalue weighted by Crippen LogP contribution is 2.16. The number of hydrogen-bond acceptors (Lipinski definition) is 6. The van der Waals surface area contributed by atoms with Crippen LogP contribution in [0.3, 0.4) is 0 Å². The largest absolute Gasteiger partial charge is 0.494 e. The van der Waals surface area contributed by atoms with E-state index in [4.69, 9.17) is 9.47 Å². The summed E-state index contributed by atoms with van der Waals surface area (Å²) in [6, 6.07) is 13.5. The van der Waals surface area contributed by atoms with E-state index in [1.165, 1.54) is 57.6 Å². The van der Waals surface area contributed by atoms with E-state index in [1.807, 2.05) is 6.92 Å². The van der Waals surface area contributed by atoms with E-state index in [0.29, 0.717) is 35.7 Å². The predicted molar refractivity (Wildman–Crippen MR) is 159 cm³/mol. The first-order valence-corrected chi connectivity index (χ1v) is 14.7. The summed E-state index contributed by atoms with van der Waals surface area (Å²) in [6.07, 6.45) is 15.5. The summed E-state index contributed by atoms with van der Waals surface area (Å²) >= 11 is 0. The number of hydrazone groups is 1. The van der Waals surface area contributed by atoms with Crippen molar-refractivity contribution in [3.63, 3.8) is 0 Å². The van der Waals surface area contributed by atoms with Crippen molar-refractivity contribution < 1.29 is 23.9 Å². The molecule has 2 aromatic carbocycles. The molecule has 0 spiro atoms. The Labute approximate surface area is 238 Å². The molecule has 0 unspecified atom stereocenters. The second-order valence-electron chi connectivity index (χ2n) is 9.77. The molecule has 2 N–H and O–H groups in total. The van der Waals surface area contributed by atoms with Gasteiger partial charge < -0.3 is 14.8 Å². The van der Waals surface area contributed by atoms with Crippen molar-refractivity contribution in [2.45, 2.75) is 90.9 Å². The lowest BCUT2D eigenvalue weighted by Gasteiger charge is -2.06. The van der Waals surface area contributed by atoms with Crippen LogP contribution in [-0.4, -0.2) is 37.1 Å². The monoisotopic (exact) mass is 551 g/mol. The highest BCUT2D eigenvalue weighted by molar-refractivity contribution is 5.91. The van der Waals surface area contributed by atoms with Crippen LogP contribution in [0.5, 0.6) is 11.5 Å². The number of nitrogens with one attached hydrogen (secondary N) is 2. The van der Waals surface area contributed by atoms with Gasteiger partial charge in [-0.2, -0.15) is 5.10 Å². The van der Waals surface area contributed by atoms with Crippen molar-refractivity contribution in [1.29, 1.82) is 0 Å². The summed E-state index contributed by atoms with van der Waals surface area (Å²) in [6.45, 7) is 4.57. The highest BCUT2D eigenvalue weighted by atomic mass is 16.5. The number of benzene rings is 2. The van der Waals surface area contributed by atoms with Crippen LogP contribution >= 0.6 is 0 Å². The molecular weight excluding hydrogens is 506 g/mol. The fourth-order valence-electron chi connectivity index (χ4n) is 4.08. The third kappa shape index (κ3) is 14.5. The van der Waals surface area contributed by atoms with Gasteiger partial charge in [-0.3, -0.25) is 9.59 Å². The van der Waals surface area contributed by atoms with Gasteiger partial charge in [-0.15, -0.1) is 0 Å². The first kappa shape index (κ1) is 32.5. The zero-order valence-corrected chi connectivity index (χ0v) is 24.1. The smallest absolute Gasteiger partial charge is 0.343 e. The number of rotatable bonds is 20. The normalized spacial score (nSPS) is 10.8. The summed E-state index contributed by atoms with van der Waals surface area (Å²) < 4.78 is 10.8. The zero-order valence-electron chi connectivity index (χ0n) is 24.1. The minimum absolute atomic E-state index is 0.116. The second kappa shape index (κ2) is 20.3. The van der Waals surface area contributed by atoms with E-state index in [1.54, 1.807) is 48.5 Å². The first-order chi connectivity index (χ1) is 19.5. The number of ether oxygens (including phenoxy) is 2. The van der Waals surface area contributed by atoms with Crippen LogP contribution in [0.4, 0.5) is 0 Å². The molecule has 8 nitrogen and oxygen atoms in total. The molecule has 0 atom stereocenters. The summed E-state index contributed by atoms with van der Waals surface area (Å²) in [5.41, 5.74) is 3.53. The van der Waals surface area contributed by atoms with Gasteiger partial charge in [-0.1, -0.05) is 71.1 Å². The van der Waals surface area contributed by atoms with Crippen LogP contribution in [0, 0.1) is 0 Å². The first-order valence-electron chi connectivity index (χ1n) is 14.7. The van der Waals surface area contributed by atoms with Gasteiger partial charge in [0.05, 0.1) is 24.9 Å². The molecule has 2 amide bonds. The predicted octanol–water partition coefficient (Wildman–Crippen LogP) is 6.57.